The number of benzene rings is 1. The van der Waals surface area contributed by atoms with Crippen molar-refractivity contribution in [2.45, 2.75) is 26.0 Å². The Bertz CT molecular complexity index is 431. The first-order valence-electron chi connectivity index (χ1n) is 5.18. The summed E-state index contributed by atoms with van der Waals surface area (Å²) in [4.78, 5) is 11.4. The topological polar surface area (TPSA) is 64.4 Å². The summed E-state index contributed by atoms with van der Waals surface area (Å²) in [5, 5.41) is 2.54. The molecule has 0 bridgehead atoms. The van der Waals surface area contributed by atoms with Crippen LogP contribution in [0.1, 0.15) is 13.3 Å². The molecule has 19 heavy (non-hydrogen) atoms. The van der Waals surface area contributed by atoms with E-state index >= 15 is 0 Å². The van der Waals surface area contributed by atoms with E-state index in [4.69, 9.17) is 17.3 Å². The largest absolute Gasteiger partial charge is 0.433 e. The van der Waals surface area contributed by atoms with Gasteiger partial charge in [-0.1, -0.05) is 11.6 Å². The number of amides is 1. The Morgan fingerprint density at radius 3 is 2.63 bits per heavy atom. The molecule has 1 aromatic rings. The second-order valence-electron chi connectivity index (χ2n) is 3.75. The van der Waals surface area contributed by atoms with E-state index in [9.17, 15) is 13.6 Å². The van der Waals surface area contributed by atoms with E-state index in [1.54, 1.807) is 6.92 Å². The van der Waals surface area contributed by atoms with Gasteiger partial charge in [0.05, 0.1) is 5.02 Å². The van der Waals surface area contributed by atoms with Crippen LogP contribution in [-0.4, -0.2) is 18.6 Å². The Morgan fingerprint density at radius 2 is 2.16 bits per heavy atom. The standard InChI is InChI=1S/C11H13ClF2N2O2.ClH/c1-6(15)4-10(17)16-7-2-3-9(8(12)5-7)18-11(13)14;/h2-3,5-6,11H,4,15H2,1H3,(H,16,17);1H. The van der Waals surface area contributed by atoms with Crippen molar-refractivity contribution in [3.63, 3.8) is 0 Å². The number of nitrogens with two attached hydrogens (primary N) is 1. The van der Waals surface area contributed by atoms with Crippen LogP contribution in [0.2, 0.25) is 5.02 Å². The highest BCUT2D eigenvalue weighted by molar-refractivity contribution is 6.32. The van der Waals surface area contributed by atoms with Gasteiger partial charge in [-0.05, 0) is 25.1 Å². The first-order chi connectivity index (χ1) is 8.38. The number of rotatable bonds is 5. The van der Waals surface area contributed by atoms with Gasteiger partial charge in [0.15, 0.2) is 0 Å². The van der Waals surface area contributed by atoms with Crippen LogP contribution in [0.5, 0.6) is 5.75 Å². The number of alkyl halides is 2. The monoisotopic (exact) mass is 314 g/mol. The van der Waals surface area contributed by atoms with Gasteiger partial charge in [-0.3, -0.25) is 4.79 Å². The van der Waals surface area contributed by atoms with Crippen molar-refractivity contribution in [1.29, 1.82) is 0 Å². The summed E-state index contributed by atoms with van der Waals surface area (Å²) in [5.41, 5.74) is 5.86. The number of halogens is 4. The Hall–Kier alpha value is -1.11. The van der Waals surface area contributed by atoms with Crippen molar-refractivity contribution >= 4 is 35.6 Å². The lowest BCUT2D eigenvalue weighted by atomic mass is 10.2. The van der Waals surface area contributed by atoms with Crippen molar-refractivity contribution in [2.24, 2.45) is 5.73 Å². The molecule has 1 atom stereocenters. The average Bonchev–Trinajstić information content (AvgIpc) is 2.20. The predicted octanol–water partition coefficient (Wildman–Crippen LogP) is 3.04. The molecule has 0 saturated heterocycles. The third kappa shape index (κ3) is 6.56. The van der Waals surface area contributed by atoms with Gasteiger partial charge in [0, 0.05) is 18.2 Å². The Balaban J connectivity index is 0.00000324. The number of carbonyl (C=O) groups excluding carboxylic acids is 1. The maximum atomic E-state index is 12.0. The highest BCUT2D eigenvalue weighted by Gasteiger charge is 2.10. The zero-order valence-electron chi connectivity index (χ0n) is 10.0. The fourth-order valence-electron chi connectivity index (χ4n) is 1.27. The van der Waals surface area contributed by atoms with E-state index in [0.717, 1.165) is 0 Å². The molecule has 1 aromatic carbocycles. The molecule has 0 spiro atoms. The van der Waals surface area contributed by atoms with Gasteiger partial charge >= 0.3 is 6.61 Å². The minimum Gasteiger partial charge on any atom is -0.433 e. The van der Waals surface area contributed by atoms with Crippen molar-refractivity contribution in [1.82, 2.24) is 0 Å². The van der Waals surface area contributed by atoms with Gasteiger partial charge in [0.2, 0.25) is 5.91 Å². The second kappa shape index (κ2) is 8.14. The van der Waals surface area contributed by atoms with Crippen molar-refractivity contribution in [3.05, 3.63) is 23.2 Å². The van der Waals surface area contributed by atoms with E-state index in [1.807, 2.05) is 0 Å². The molecule has 1 amide bonds. The van der Waals surface area contributed by atoms with Crippen molar-refractivity contribution in [3.8, 4) is 5.75 Å². The summed E-state index contributed by atoms with van der Waals surface area (Å²) in [6.07, 6.45) is 0.160. The molecule has 0 aliphatic carbocycles. The number of hydrogen-bond acceptors (Lipinski definition) is 3. The van der Waals surface area contributed by atoms with Crippen LogP contribution in [0.25, 0.3) is 0 Å². The van der Waals surface area contributed by atoms with Crippen LogP contribution in [0.15, 0.2) is 18.2 Å². The van der Waals surface area contributed by atoms with Gasteiger partial charge in [0.25, 0.3) is 0 Å². The molecule has 0 aliphatic rings. The van der Waals surface area contributed by atoms with Gasteiger partial charge < -0.3 is 15.8 Å². The smallest absolute Gasteiger partial charge is 0.387 e. The van der Waals surface area contributed by atoms with E-state index in [-0.39, 0.29) is 41.5 Å². The lowest BCUT2D eigenvalue weighted by molar-refractivity contribution is -0.116. The Kier molecular flexibility index (Phi) is 7.66. The van der Waals surface area contributed by atoms with Crippen LogP contribution in [0.4, 0.5) is 14.5 Å². The second-order valence-corrected chi connectivity index (χ2v) is 4.16. The maximum absolute atomic E-state index is 12.0. The summed E-state index contributed by atoms with van der Waals surface area (Å²) in [6, 6.07) is 3.75. The molecule has 0 heterocycles. The molecule has 8 heteroatoms. The minimum atomic E-state index is -2.94. The molecule has 0 radical (unpaired) electrons. The number of ether oxygens (including phenoxy) is 1. The Morgan fingerprint density at radius 1 is 1.53 bits per heavy atom. The number of anilines is 1. The summed E-state index contributed by atoms with van der Waals surface area (Å²) < 4.78 is 28.2. The minimum absolute atomic E-state index is 0. The third-order valence-electron chi connectivity index (χ3n) is 1.94. The highest BCUT2D eigenvalue weighted by atomic mass is 35.5. The van der Waals surface area contributed by atoms with Crippen LogP contribution in [-0.2, 0) is 4.79 Å². The molecule has 1 rings (SSSR count). The molecule has 0 fully saturated rings. The quantitative estimate of drug-likeness (QED) is 0.878. The first kappa shape index (κ1) is 17.9. The lowest BCUT2D eigenvalue weighted by Crippen LogP contribution is -2.23. The number of carbonyl (C=O) groups is 1. The van der Waals surface area contributed by atoms with Gasteiger partial charge in [-0.25, -0.2) is 0 Å². The summed E-state index contributed by atoms with van der Waals surface area (Å²) in [7, 11) is 0. The molecule has 0 saturated carbocycles. The molecule has 4 nitrogen and oxygen atoms in total. The highest BCUT2D eigenvalue weighted by Crippen LogP contribution is 2.28. The maximum Gasteiger partial charge on any atom is 0.387 e. The number of hydrogen-bond donors (Lipinski definition) is 2. The van der Waals surface area contributed by atoms with E-state index < -0.39 is 6.61 Å². The number of nitrogens with one attached hydrogen (secondary N) is 1. The molecule has 3 N–H and O–H groups in total. The van der Waals surface area contributed by atoms with Crippen molar-refractivity contribution in [2.75, 3.05) is 5.32 Å². The van der Waals surface area contributed by atoms with Crippen molar-refractivity contribution < 1.29 is 18.3 Å². The van der Waals surface area contributed by atoms with Gasteiger partial charge in [0.1, 0.15) is 5.75 Å². The predicted molar refractivity (Wildman–Crippen MR) is 72.2 cm³/mol. The van der Waals surface area contributed by atoms with Crippen LogP contribution < -0.4 is 15.8 Å². The van der Waals surface area contributed by atoms with E-state index in [1.165, 1.54) is 18.2 Å². The van der Waals surface area contributed by atoms with Gasteiger partial charge in [-0.2, -0.15) is 8.78 Å². The zero-order chi connectivity index (χ0) is 13.7. The molecule has 0 aliphatic heterocycles. The molecular formula is C11H14Cl2F2N2O2. The van der Waals surface area contributed by atoms with E-state index in [2.05, 4.69) is 10.1 Å². The van der Waals surface area contributed by atoms with Crippen LogP contribution in [0, 0.1) is 0 Å². The molecule has 0 aromatic heterocycles. The Labute approximate surface area is 120 Å². The van der Waals surface area contributed by atoms with E-state index in [0.29, 0.717) is 5.69 Å². The molecule has 1 unspecified atom stereocenters. The molecule has 108 valence electrons. The fraction of sp³-hybridized carbons (Fsp3) is 0.364. The average molecular weight is 315 g/mol. The third-order valence-corrected chi connectivity index (χ3v) is 2.23. The lowest BCUT2D eigenvalue weighted by Gasteiger charge is -2.10. The SMILES string of the molecule is CC(N)CC(=O)Nc1ccc(OC(F)F)c(Cl)c1.Cl. The summed E-state index contributed by atoms with van der Waals surface area (Å²) in [5.74, 6) is -0.416. The normalized spacial score (nSPS) is 11.7. The van der Waals surface area contributed by atoms with Crippen LogP contribution >= 0.6 is 24.0 Å². The molecular weight excluding hydrogens is 301 g/mol. The summed E-state index contributed by atoms with van der Waals surface area (Å²) in [6.45, 7) is -1.24. The fourth-order valence-corrected chi connectivity index (χ4v) is 1.50. The van der Waals surface area contributed by atoms with Gasteiger partial charge in [-0.15, -0.1) is 12.4 Å². The van der Waals surface area contributed by atoms with Crippen LogP contribution in [0.3, 0.4) is 0 Å². The first-order valence-corrected chi connectivity index (χ1v) is 5.56. The zero-order valence-corrected chi connectivity index (χ0v) is 11.6. The summed E-state index contributed by atoms with van der Waals surface area (Å²) >= 11 is 5.73.